The predicted octanol–water partition coefficient (Wildman–Crippen LogP) is 4.70. The second-order valence-electron chi connectivity index (χ2n) is 6.06. The highest BCUT2D eigenvalue weighted by Gasteiger charge is 2.20. The average Bonchev–Trinajstić information content (AvgIpc) is 3.05. The van der Waals surface area contributed by atoms with Gasteiger partial charge in [-0.05, 0) is 18.2 Å². The summed E-state index contributed by atoms with van der Waals surface area (Å²) in [4.78, 5) is 39.0. The van der Waals surface area contributed by atoms with Gasteiger partial charge >= 0.3 is 0 Å². The number of rotatable bonds is 0. The molecule has 3 nitrogen and oxygen atoms in total. The van der Waals surface area contributed by atoms with Gasteiger partial charge in [-0.3, -0.25) is 14.4 Å². The summed E-state index contributed by atoms with van der Waals surface area (Å²) in [5.74, 6) is 0. The Bertz CT molecular complexity index is 1620. The van der Waals surface area contributed by atoms with Gasteiger partial charge in [0.15, 0.2) is 10.9 Å². The van der Waals surface area contributed by atoms with Crippen LogP contribution in [0.3, 0.4) is 0 Å². The quantitative estimate of drug-likeness (QED) is 0.357. The number of hydrogen-bond acceptors (Lipinski definition) is 5. The summed E-state index contributed by atoms with van der Waals surface area (Å²) in [6.07, 6.45) is 0. The molecular weight excluding hydrogens is 388 g/mol. The third-order valence-electron chi connectivity index (χ3n) is 4.66. The van der Waals surface area contributed by atoms with Gasteiger partial charge in [0.1, 0.15) is 0 Å². The smallest absolute Gasteiger partial charge is 0.204 e. The lowest BCUT2D eigenvalue weighted by atomic mass is 10.0. The van der Waals surface area contributed by atoms with Crippen molar-refractivity contribution < 1.29 is 0 Å². The van der Waals surface area contributed by atoms with Gasteiger partial charge in [-0.1, -0.05) is 48.1 Å². The van der Waals surface area contributed by atoms with Crippen LogP contribution in [0.1, 0.15) is 0 Å². The first-order valence-corrected chi connectivity index (χ1v) is 9.33. The molecule has 0 saturated heterocycles. The van der Waals surface area contributed by atoms with Crippen molar-refractivity contribution in [3.63, 3.8) is 0 Å². The monoisotopic (exact) mass is 394 g/mol. The Morgan fingerprint density at radius 3 is 2.00 bits per heavy atom. The van der Waals surface area contributed by atoms with E-state index in [1.165, 1.54) is 0 Å². The largest absolute Gasteiger partial charge is 0.289 e. The van der Waals surface area contributed by atoms with Crippen LogP contribution in [-0.4, -0.2) is 0 Å². The second kappa shape index (κ2) is 5.27. The van der Waals surface area contributed by atoms with Crippen LogP contribution in [0.5, 0.6) is 0 Å². The Balaban J connectivity index is 2.23. The molecule has 1 aromatic heterocycles. The minimum Gasteiger partial charge on any atom is -0.289 e. The molecule has 4 aromatic carbocycles. The van der Waals surface area contributed by atoms with E-state index >= 15 is 0 Å². The minimum atomic E-state index is -0.304. The molecule has 0 unspecified atom stereocenters. The standard InChI is InChI=1S/C20H7ClO3S2/c21-8-5-6-11-12(7-8)18(25)20-14(16(11)23)13-15(22)9-3-1-2-4-10(9)17(24)19(13)26-20/h1-7H. The van der Waals surface area contributed by atoms with E-state index in [1.54, 1.807) is 42.5 Å². The maximum atomic E-state index is 13.1. The molecule has 0 amide bonds. The van der Waals surface area contributed by atoms with Crippen molar-refractivity contribution in [1.29, 1.82) is 0 Å². The SMILES string of the molecule is O=c1c2ccccc2c(=O)c2c1sc1c(=S)c3cc(Cl)ccc3c(=O)c12. The topological polar surface area (TPSA) is 51.2 Å². The Hall–Kier alpha value is -2.47. The van der Waals surface area contributed by atoms with E-state index in [9.17, 15) is 14.4 Å². The Morgan fingerprint density at radius 2 is 1.31 bits per heavy atom. The van der Waals surface area contributed by atoms with Crippen LogP contribution in [0, 0.1) is 4.51 Å². The molecule has 26 heavy (non-hydrogen) atoms. The van der Waals surface area contributed by atoms with Crippen molar-refractivity contribution in [3.8, 4) is 0 Å². The van der Waals surface area contributed by atoms with Gasteiger partial charge in [-0.25, -0.2) is 0 Å². The average molecular weight is 395 g/mol. The van der Waals surface area contributed by atoms with E-state index in [0.29, 0.717) is 35.8 Å². The maximum absolute atomic E-state index is 13.1. The lowest BCUT2D eigenvalue weighted by molar-refractivity contribution is 1.70. The first kappa shape index (κ1) is 15.8. The molecule has 0 aliphatic heterocycles. The highest BCUT2D eigenvalue weighted by atomic mass is 35.5. The van der Waals surface area contributed by atoms with E-state index in [4.69, 9.17) is 23.8 Å². The summed E-state index contributed by atoms with van der Waals surface area (Å²) in [5.41, 5.74) is -0.841. The van der Waals surface area contributed by atoms with Gasteiger partial charge < -0.3 is 0 Å². The van der Waals surface area contributed by atoms with E-state index < -0.39 is 0 Å². The fraction of sp³-hybridized carbons (Fsp3) is 0. The molecule has 1 heterocycles. The molecule has 0 bridgehead atoms. The van der Waals surface area contributed by atoms with Gasteiger partial charge in [0.25, 0.3) is 0 Å². The minimum absolute atomic E-state index is 0.182. The summed E-state index contributed by atoms with van der Waals surface area (Å²) >= 11 is 12.7. The molecule has 0 N–H and O–H groups in total. The Labute approximate surface area is 159 Å². The van der Waals surface area contributed by atoms with E-state index in [0.717, 1.165) is 11.3 Å². The van der Waals surface area contributed by atoms with Gasteiger partial charge in [0.05, 0.1) is 24.7 Å². The number of halogens is 1. The van der Waals surface area contributed by atoms with Crippen LogP contribution < -0.4 is 16.3 Å². The molecule has 0 aliphatic rings. The molecular formula is C20H7ClO3S2. The lowest BCUT2D eigenvalue weighted by Gasteiger charge is -2.00. The van der Waals surface area contributed by atoms with E-state index in [2.05, 4.69) is 0 Å². The fourth-order valence-corrected chi connectivity index (χ4v) is 5.25. The van der Waals surface area contributed by atoms with Gasteiger partial charge in [-0.2, -0.15) is 0 Å². The van der Waals surface area contributed by atoms with Crippen LogP contribution in [-0.2, 0) is 0 Å². The molecule has 124 valence electrons. The predicted molar refractivity (Wildman–Crippen MR) is 111 cm³/mol. The molecule has 6 heteroatoms. The summed E-state index contributed by atoms with van der Waals surface area (Å²) < 4.78 is 1.23. The Kier molecular flexibility index (Phi) is 3.19. The molecule has 0 spiro atoms. The normalized spacial score (nSPS) is 11.9. The summed E-state index contributed by atoms with van der Waals surface area (Å²) in [7, 11) is 0. The maximum Gasteiger partial charge on any atom is 0.204 e. The van der Waals surface area contributed by atoms with Crippen LogP contribution in [0.4, 0.5) is 0 Å². The first-order chi connectivity index (χ1) is 12.5. The summed E-state index contributed by atoms with van der Waals surface area (Å²) in [5, 5.41) is 2.57. The summed E-state index contributed by atoms with van der Waals surface area (Å²) in [6.45, 7) is 0. The molecule has 5 aromatic rings. The highest BCUT2D eigenvalue weighted by Crippen LogP contribution is 2.33. The molecule has 0 saturated carbocycles. The van der Waals surface area contributed by atoms with Crippen LogP contribution in [0.25, 0.3) is 41.7 Å². The van der Waals surface area contributed by atoms with Gasteiger partial charge in [-0.15, -0.1) is 11.3 Å². The molecule has 0 radical (unpaired) electrons. The van der Waals surface area contributed by atoms with Crippen LogP contribution in [0.15, 0.2) is 56.8 Å². The third-order valence-corrected chi connectivity index (χ3v) is 6.66. The summed E-state index contributed by atoms with van der Waals surface area (Å²) in [6, 6.07) is 11.5. The van der Waals surface area contributed by atoms with Crippen molar-refractivity contribution in [3.05, 3.63) is 82.7 Å². The fourth-order valence-electron chi connectivity index (χ4n) is 3.48. The van der Waals surface area contributed by atoms with Gasteiger partial charge in [0.2, 0.25) is 5.43 Å². The molecule has 0 aliphatic carbocycles. The van der Waals surface area contributed by atoms with Crippen LogP contribution in [0.2, 0.25) is 5.02 Å². The van der Waals surface area contributed by atoms with Gasteiger partial charge in [0, 0.05) is 26.6 Å². The zero-order valence-corrected chi connectivity index (χ0v) is 15.3. The van der Waals surface area contributed by atoms with Crippen molar-refractivity contribution in [2.75, 3.05) is 0 Å². The van der Waals surface area contributed by atoms with Crippen molar-refractivity contribution in [2.45, 2.75) is 0 Å². The first-order valence-electron chi connectivity index (χ1n) is 7.73. The zero-order valence-electron chi connectivity index (χ0n) is 13.0. The van der Waals surface area contributed by atoms with E-state index in [-0.39, 0.29) is 31.8 Å². The number of hydrogen-bond donors (Lipinski definition) is 0. The Morgan fingerprint density at radius 1 is 0.731 bits per heavy atom. The highest BCUT2D eigenvalue weighted by molar-refractivity contribution is 7.72. The van der Waals surface area contributed by atoms with Crippen LogP contribution >= 0.6 is 35.2 Å². The zero-order chi connectivity index (χ0) is 18.2. The number of thiophene rings is 1. The molecule has 0 atom stereocenters. The van der Waals surface area contributed by atoms with E-state index in [1.807, 2.05) is 0 Å². The number of benzene rings is 4. The van der Waals surface area contributed by atoms with Crippen molar-refractivity contribution in [1.82, 2.24) is 0 Å². The number of fused-ring (bicyclic) bond motifs is 5. The van der Waals surface area contributed by atoms with Crippen molar-refractivity contribution in [2.24, 2.45) is 0 Å². The molecule has 0 fully saturated rings. The van der Waals surface area contributed by atoms with Crippen molar-refractivity contribution >= 4 is 76.9 Å². The lowest BCUT2D eigenvalue weighted by Crippen LogP contribution is -2.12. The third kappa shape index (κ3) is 1.88. The second-order valence-corrected chi connectivity index (χ2v) is 7.93. The molecule has 5 rings (SSSR count).